The van der Waals surface area contributed by atoms with Crippen LogP contribution >= 0.6 is 0 Å². The quantitative estimate of drug-likeness (QED) is 0.566. The fourth-order valence-corrected chi connectivity index (χ4v) is 2.16. The monoisotopic (exact) mass is 403 g/mol. The standard InChI is InChI=1S/C19H22FN5O4/c1-11(8-20)29-18-14(17(26)25-28-10-19(2,3)27)15(22)23-16(24-18)13-6-4-5-12(7-13)9-21/h4-7,11,27H,8,10H2,1-3H3,(H,25,26)(H2,22,23,24). The lowest BCUT2D eigenvalue weighted by Gasteiger charge is -2.18. The van der Waals surface area contributed by atoms with E-state index in [1.807, 2.05) is 6.07 Å². The average molecular weight is 403 g/mol. The normalized spacial score (nSPS) is 12.1. The Bertz CT molecular complexity index is 924. The van der Waals surface area contributed by atoms with Crippen molar-refractivity contribution in [2.45, 2.75) is 32.5 Å². The second kappa shape index (κ2) is 9.27. The number of hydrogen-bond acceptors (Lipinski definition) is 8. The van der Waals surface area contributed by atoms with Gasteiger partial charge in [-0.05, 0) is 32.9 Å². The molecule has 0 aliphatic rings. The number of carbonyl (C=O) groups excluding carboxylic acids is 1. The molecule has 0 radical (unpaired) electrons. The molecule has 9 nitrogen and oxygen atoms in total. The molecule has 0 bridgehead atoms. The lowest BCUT2D eigenvalue weighted by atomic mass is 10.1. The molecule has 0 saturated carbocycles. The van der Waals surface area contributed by atoms with E-state index in [9.17, 15) is 14.3 Å². The maximum absolute atomic E-state index is 13.0. The van der Waals surface area contributed by atoms with E-state index >= 15 is 0 Å². The van der Waals surface area contributed by atoms with Crippen LogP contribution in [0.1, 0.15) is 36.7 Å². The first-order valence-corrected chi connectivity index (χ1v) is 8.69. The number of carbonyl (C=O) groups is 1. The minimum absolute atomic E-state index is 0.106. The Hall–Kier alpha value is -3.29. The third kappa shape index (κ3) is 6.10. The summed E-state index contributed by atoms with van der Waals surface area (Å²) < 4.78 is 18.4. The van der Waals surface area contributed by atoms with E-state index in [-0.39, 0.29) is 29.7 Å². The van der Waals surface area contributed by atoms with Crippen LogP contribution in [0.2, 0.25) is 0 Å². The van der Waals surface area contributed by atoms with Gasteiger partial charge in [0.25, 0.3) is 5.91 Å². The van der Waals surface area contributed by atoms with Gasteiger partial charge in [-0.2, -0.15) is 10.2 Å². The fraction of sp³-hybridized carbons (Fsp3) is 0.368. The highest BCUT2D eigenvalue weighted by atomic mass is 19.1. The highest BCUT2D eigenvalue weighted by Crippen LogP contribution is 2.27. The summed E-state index contributed by atoms with van der Waals surface area (Å²) in [5, 5.41) is 18.7. The number of benzene rings is 1. The summed E-state index contributed by atoms with van der Waals surface area (Å²) in [5.74, 6) is -1.16. The first-order chi connectivity index (χ1) is 13.6. The molecule has 0 aliphatic carbocycles. The molecule has 0 aliphatic heterocycles. The molecule has 1 unspecified atom stereocenters. The number of nitrogen functional groups attached to an aromatic ring is 1. The van der Waals surface area contributed by atoms with Gasteiger partial charge in [-0.25, -0.2) is 14.9 Å². The zero-order valence-corrected chi connectivity index (χ0v) is 16.3. The van der Waals surface area contributed by atoms with E-state index < -0.39 is 24.3 Å². The number of aliphatic hydroxyl groups is 1. The molecule has 2 aromatic rings. The number of alkyl halides is 1. The Labute approximate surface area is 167 Å². The molecule has 1 atom stereocenters. The van der Waals surface area contributed by atoms with Crippen LogP contribution in [-0.4, -0.2) is 46.0 Å². The number of nitrogens with two attached hydrogens (primary N) is 1. The van der Waals surface area contributed by atoms with E-state index in [0.717, 1.165) is 0 Å². The van der Waals surface area contributed by atoms with Crippen LogP contribution in [0.25, 0.3) is 11.4 Å². The summed E-state index contributed by atoms with van der Waals surface area (Å²) in [4.78, 5) is 25.8. The molecule has 4 N–H and O–H groups in total. The van der Waals surface area contributed by atoms with Crippen LogP contribution in [-0.2, 0) is 4.84 Å². The molecular formula is C19H22FN5O4. The fourth-order valence-electron chi connectivity index (χ4n) is 2.16. The Morgan fingerprint density at radius 1 is 1.45 bits per heavy atom. The molecule has 0 saturated heterocycles. The Morgan fingerprint density at radius 2 is 2.17 bits per heavy atom. The third-order valence-electron chi connectivity index (χ3n) is 3.50. The number of anilines is 1. The van der Waals surface area contributed by atoms with E-state index in [1.54, 1.807) is 24.3 Å². The summed E-state index contributed by atoms with van der Waals surface area (Å²) in [7, 11) is 0. The van der Waals surface area contributed by atoms with Crippen LogP contribution in [0.3, 0.4) is 0 Å². The van der Waals surface area contributed by atoms with Crippen molar-refractivity contribution in [2.24, 2.45) is 0 Å². The molecular weight excluding hydrogens is 381 g/mol. The molecule has 10 heteroatoms. The zero-order valence-electron chi connectivity index (χ0n) is 16.3. The minimum atomic E-state index is -1.17. The van der Waals surface area contributed by atoms with E-state index in [4.69, 9.17) is 20.6 Å². The number of amides is 1. The molecule has 154 valence electrons. The molecule has 1 amide bonds. The lowest BCUT2D eigenvalue weighted by molar-refractivity contribution is -0.0523. The van der Waals surface area contributed by atoms with Crippen molar-refractivity contribution in [3.05, 3.63) is 35.4 Å². The molecule has 2 rings (SSSR count). The van der Waals surface area contributed by atoms with Gasteiger partial charge < -0.3 is 15.6 Å². The van der Waals surface area contributed by atoms with E-state index in [1.165, 1.54) is 20.8 Å². The molecule has 1 heterocycles. The minimum Gasteiger partial charge on any atom is -0.471 e. The number of nitrogens with one attached hydrogen (secondary N) is 1. The molecule has 0 fully saturated rings. The lowest BCUT2D eigenvalue weighted by Crippen LogP contribution is -2.34. The number of aromatic nitrogens is 2. The van der Waals surface area contributed by atoms with Gasteiger partial charge in [0.15, 0.2) is 5.82 Å². The third-order valence-corrected chi connectivity index (χ3v) is 3.50. The number of ether oxygens (including phenoxy) is 1. The second-order valence-corrected chi connectivity index (χ2v) is 6.92. The highest BCUT2D eigenvalue weighted by Gasteiger charge is 2.24. The van der Waals surface area contributed by atoms with Crippen LogP contribution in [0, 0.1) is 11.3 Å². The first kappa shape index (κ1) is 22.0. The number of hydrogen-bond donors (Lipinski definition) is 3. The number of hydroxylamine groups is 1. The van der Waals surface area contributed by atoms with Crippen LogP contribution in [0.5, 0.6) is 5.88 Å². The van der Waals surface area contributed by atoms with Gasteiger partial charge in [-0.1, -0.05) is 12.1 Å². The summed E-state index contributed by atoms with van der Waals surface area (Å²) >= 11 is 0. The van der Waals surface area contributed by atoms with Crippen molar-refractivity contribution in [3.8, 4) is 23.3 Å². The van der Waals surface area contributed by atoms with Crippen LogP contribution < -0.4 is 16.0 Å². The van der Waals surface area contributed by atoms with Crippen molar-refractivity contribution < 1.29 is 23.9 Å². The van der Waals surface area contributed by atoms with Crippen molar-refractivity contribution in [1.82, 2.24) is 15.4 Å². The number of halogens is 1. The number of nitriles is 1. The predicted molar refractivity (Wildman–Crippen MR) is 102 cm³/mol. The molecule has 29 heavy (non-hydrogen) atoms. The van der Waals surface area contributed by atoms with Gasteiger partial charge >= 0.3 is 0 Å². The van der Waals surface area contributed by atoms with Crippen molar-refractivity contribution in [1.29, 1.82) is 5.26 Å². The summed E-state index contributed by atoms with van der Waals surface area (Å²) in [6.45, 7) is 3.45. The van der Waals surface area contributed by atoms with E-state index in [2.05, 4.69) is 15.4 Å². The van der Waals surface area contributed by atoms with Crippen LogP contribution in [0.4, 0.5) is 10.2 Å². The molecule has 1 aromatic heterocycles. The Morgan fingerprint density at radius 3 is 2.79 bits per heavy atom. The Balaban J connectivity index is 2.42. The maximum atomic E-state index is 13.0. The SMILES string of the molecule is CC(CF)Oc1nc(-c2cccc(C#N)c2)nc(N)c1C(=O)NOCC(C)(C)O. The summed E-state index contributed by atoms with van der Waals surface area (Å²) in [6, 6.07) is 8.46. The van der Waals surface area contributed by atoms with E-state index in [0.29, 0.717) is 11.1 Å². The number of nitrogens with zero attached hydrogens (tertiary/aromatic N) is 3. The summed E-state index contributed by atoms with van der Waals surface area (Å²) in [6.07, 6.45) is -0.897. The number of rotatable bonds is 8. The highest BCUT2D eigenvalue weighted by molar-refractivity contribution is 6.00. The first-order valence-electron chi connectivity index (χ1n) is 8.69. The molecule has 1 aromatic carbocycles. The molecule has 0 spiro atoms. The van der Waals surface area contributed by atoms with Gasteiger partial charge in [0.05, 0.1) is 17.2 Å². The maximum Gasteiger partial charge on any atom is 0.284 e. The summed E-state index contributed by atoms with van der Waals surface area (Å²) in [5.41, 5.74) is 7.52. The smallest absolute Gasteiger partial charge is 0.284 e. The van der Waals surface area contributed by atoms with Crippen molar-refractivity contribution >= 4 is 11.7 Å². The van der Waals surface area contributed by atoms with Crippen molar-refractivity contribution in [2.75, 3.05) is 19.0 Å². The topological polar surface area (TPSA) is 143 Å². The van der Waals surface area contributed by atoms with Crippen LogP contribution in [0.15, 0.2) is 24.3 Å². The Kier molecular flexibility index (Phi) is 7.03. The van der Waals surface area contributed by atoms with Crippen molar-refractivity contribution in [3.63, 3.8) is 0 Å². The van der Waals surface area contributed by atoms with Gasteiger partial charge in [-0.3, -0.25) is 9.63 Å². The zero-order chi connectivity index (χ0) is 21.6. The second-order valence-electron chi connectivity index (χ2n) is 6.92. The van der Waals surface area contributed by atoms with Gasteiger partial charge in [-0.15, -0.1) is 0 Å². The largest absolute Gasteiger partial charge is 0.471 e. The van der Waals surface area contributed by atoms with Gasteiger partial charge in [0.2, 0.25) is 5.88 Å². The average Bonchev–Trinajstić information content (AvgIpc) is 2.66. The predicted octanol–water partition coefficient (Wildman–Crippen LogP) is 1.77. The van der Waals surface area contributed by atoms with Gasteiger partial charge in [0.1, 0.15) is 30.8 Å². The van der Waals surface area contributed by atoms with Gasteiger partial charge in [0, 0.05) is 5.56 Å².